The highest BCUT2D eigenvalue weighted by atomic mass is 32.2. The van der Waals surface area contributed by atoms with Crippen LogP contribution in [0.4, 0.5) is 16.3 Å². The molecule has 0 aliphatic carbocycles. The van der Waals surface area contributed by atoms with Gasteiger partial charge in [-0.2, -0.15) is 0 Å². The molecular weight excluding hydrogens is 262 g/mol. The molecule has 0 spiro atoms. The van der Waals surface area contributed by atoms with Crippen LogP contribution in [0.15, 0.2) is 52.4 Å². The minimum absolute atomic E-state index is 0.483. The number of aromatic nitrogens is 1. The summed E-state index contributed by atoms with van der Waals surface area (Å²) in [6.07, 6.45) is 1.24. The molecule has 0 radical (unpaired) electrons. The van der Waals surface area contributed by atoms with Crippen molar-refractivity contribution in [3.63, 3.8) is 0 Å². The summed E-state index contributed by atoms with van der Waals surface area (Å²) in [5.74, 6) is 0.502. The van der Waals surface area contributed by atoms with Gasteiger partial charge in [-0.3, -0.25) is 5.32 Å². The maximum atomic E-state index is 11.0. The third kappa shape index (κ3) is 3.89. The number of anilines is 2. The average Bonchev–Trinajstić information content (AvgIpc) is 2.43. The lowest BCUT2D eigenvalue weighted by Gasteiger charge is -2.05. The first-order valence-corrected chi connectivity index (χ1v) is 6.33. The molecule has 1 amide bonds. The maximum absolute atomic E-state index is 11.0. The second kappa shape index (κ2) is 6.10. The fraction of sp³-hybridized carbons (Fsp3) is 0.0769. The van der Waals surface area contributed by atoms with E-state index in [1.807, 2.05) is 30.3 Å². The quantitative estimate of drug-likeness (QED) is 0.900. The molecule has 1 aromatic heterocycles. The Kier molecular flexibility index (Phi) is 4.25. The number of amides is 1. The highest BCUT2D eigenvalue weighted by Gasteiger charge is 2.01. The Morgan fingerprint density at radius 2 is 1.89 bits per heavy atom. The van der Waals surface area contributed by atoms with E-state index in [-0.39, 0.29) is 0 Å². The predicted octanol–water partition coefficient (Wildman–Crippen LogP) is 2.99. The van der Waals surface area contributed by atoms with E-state index >= 15 is 0 Å². The summed E-state index contributed by atoms with van der Waals surface area (Å²) < 4.78 is 4.52. The summed E-state index contributed by atoms with van der Waals surface area (Å²) in [5, 5.41) is 2.59. The van der Waals surface area contributed by atoms with Crippen molar-refractivity contribution >= 4 is 29.4 Å². The standard InChI is InChI=1S/C13H13N3O2S/c1-18-13(17)16-9-2-4-10(5-3-9)19-11-6-7-12(14)15-8-11/h2-8H,1H3,(H2,14,15)(H,16,17). The summed E-state index contributed by atoms with van der Waals surface area (Å²) in [6, 6.07) is 11.1. The summed E-state index contributed by atoms with van der Waals surface area (Å²) in [4.78, 5) is 17.1. The Morgan fingerprint density at radius 1 is 1.21 bits per heavy atom. The molecule has 3 N–H and O–H groups in total. The van der Waals surface area contributed by atoms with Gasteiger partial charge in [0.2, 0.25) is 0 Å². The van der Waals surface area contributed by atoms with Gasteiger partial charge in [0.25, 0.3) is 0 Å². The van der Waals surface area contributed by atoms with E-state index in [2.05, 4.69) is 15.0 Å². The zero-order valence-electron chi connectivity index (χ0n) is 10.3. The van der Waals surface area contributed by atoms with Crippen LogP contribution in [-0.4, -0.2) is 18.2 Å². The van der Waals surface area contributed by atoms with Crippen LogP contribution < -0.4 is 11.1 Å². The molecule has 2 aromatic rings. The first-order chi connectivity index (χ1) is 9.17. The number of benzene rings is 1. The number of nitrogens with two attached hydrogens (primary N) is 1. The summed E-state index contributed by atoms with van der Waals surface area (Å²) >= 11 is 1.57. The molecule has 0 atom stereocenters. The number of methoxy groups -OCH3 is 1. The summed E-state index contributed by atoms with van der Waals surface area (Å²) in [6.45, 7) is 0. The lowest BCUT2D eigenvalue weighted by atomic mass is 10.3. The van der Waals surface area contributed by atoms with Crippen LogP contribution >= 0.6 is 11.8 Å². The van der Waals surface area contributed by atoms with Gasteiger partial charge in [-0.15, -0.1) is 0 Å². The zero-order valence-corrected chi connectivity index (χ0v) is 11.1. The molecule has 2 rings (SSSR count). The van der Waals surface area contributed by atoms with Crippen LogP contribution in [-0.2, 0) is 4.74 Å². The van der Waals surface area contributed by atoms with Gasteiger partial charge in [0, 0.05) is 21.7 Å². The number of ether oxygens (including phenoxy) is 1. The number of hydrogen-bond acceptors (Lipinski definition) is 5. The van der Waals surface area contributed by atoms with Gasteiger partial charge in [-0.25, -0.2) is 9.78 Å². The Labute approximate surface area is 115 Å². The van der Waals surface area contributed by atoms with Gasteiger partial charge in [-0.1, -0.05) is 11.8 Å². The van der Waals surface area contributed by atoms with Gasteiger partial charge in [0.05, 0.1) is 7.11 Å². The smallest absolute Gasteiger partial charge is 0.411 e. The van der Waals surface area contributed by atoms with E-state index in [0.717, 1.165) is 9.79 Å². The topological polar surface area (TPSA) is 77.2 Å². The van der Waals surface area contributed by atoms with Crippen molar-refractivity contribution in [3.8, 4) is 0 Å². The van der Waals surface area contributed by atoms with E-state index in [1.54, 1.807) is 24.0 Å². The van der Waals surface area contributed by atoms with E-state index in [0.29, 0.717) is 11.5 Å². The number of nitrogen functional groups attached to an aromatic ring is 1. The molecule has 5 nitrogen and oxygen atoms in total. The molecule has 6 heteroatoms. The fourth-order valence-electron chi connectivity index (χ4n) is 1.36. The van der Waals surface area contributed by atoms with Gasteiger partial charge in [-0.05, 0) is 36.4 Å². The van der Waals surface area contributed by atoms with Crippen LogP contribution in [0.5, 0.6) is 0 Å². The molecule has 0 fully saturated rings. The molecule has 0 aliphatic heterocycles. The lowest BCUT2D eigenvalue weighted by Crippen LogP contribution is -2.10. The van der Waals surface area contributed by atoms with Crippen molar-refractivity contribution in [2.24, 2.45) is 0 Å². The number of carbonyl (C=O) groups excluding carboxylic acids is 1. The van der Waals surface area contributed by atoms with Crippen LogP contribution in [0.1, 0.15) is 0 Å². The Hall–Kier alpha value is -2.21. The molecule has 0 saturated heterocycles. The Bertz CT molecular complexity index is 555. The van der Waals surface area contributed by atoms with E-state index < -0.39 is 6.09 Å². The van der Waals surface area contributed by atoms with Crippen molar-refractivity contribution < 1.29 is 9.53 Å². The highest BCUT2D eigenvalue weighted by Crippen LogP contribution is 2.28. The van der Waals surface area contributed by atoms with Gasteiger partial charge < -0.3 is 10.5 Å². The first-order valence-electron chi connectivity index (χ1n) is 5.52. The predicted molar refractivity (Wildman–Crippen MR) is 75.2 cm³/mol. The van der Waals surface area contributed by atoms with Crippen LogP contribution in [0, 0.1) is 0 Å². The lowest BCUT2D eigenvalue weighted by molar-refractivity contribution is 0.187. The SMILES string of the molecule is COC(=O)Nc1ccc(Sc2ccc(N)nc2)cc1. The largest absolute Gasteiger partial charge is 0.453 e. The van der Waals surface area contributed by atoms with Gasteiger partial charge >= 0.3 is 6.09 Å². The normalized spacial score (nSPS) is 9.95. The van der Waals surface area contributed by atoms with Crippen LogP contribution in [0.2, 0.25) is 0 Å². The Balaban J connectivity index is 2.02. The Morgan fingerprint density at radius 3 is 2.47 bits per heavy atom. The van der Waals surface area contributed by atoms with Crippen molar-refractivity contribution in [3.05, 3.63) is 42.6 Å². The monoisotopic (exact) mass is 275 g/mol. The van der Waals surface area contributed by atoms with E-state index in [9.17, 15) is 4.79 Å². The van der Waals surface area contributed by atoms with Gasteiger partial charge in [0.1, 0.15) is 5.82 Å². The highest BCUT2D eigenvalue weighted by molar-refractivity contribution is 7.99. The number of nitrogens with zero attached hydrogens (tertiary/aromatic N) is 1. The van der Waals surface area contributed by atoms with Crippen molar-refractivity contribution in [1.82, 2.24) is 4.98 Å². The van der Waals surface area contributed by atoms with E-state index in [4.69, 9.17) is 5.73 Å². The van der Waals surface area contributed by atoms with Crippen molar-refractivity contribution in [2.45, 2.75) is 9.79 Å². The molecule has 19 heavy (non-hydrogen) atoms. The number of nitrogens with one attached hydrogen (secondary N) is 1. The second-order valence-corrected chi connectivity index (χ2v) is 4.81. The summed E-state index contributed by atoms with van der Waals surface area (Å²) in [7, 11) is 1.33. The third-order valence-electron chi connectivity index (χ3n) is 2.28. The molecular formula is C13H13N3O2S. The number of pyridine rings is 1. The third-order valence-corrected chi connectivity index (χ3v) is 3.27. The number of carbonyl (C=O) groups is 1. The second-order valence-electron chi connectivity index (χ2n) is 3.66. The maximum Gasteiger partial charge on any atom is 0.411 e. The van der Waals surface area contributed by atoms with Crippen molar-refractivity contribution in [2.75, 3.05) is 18.2 Å². The number of rotatable bonds is 3. The molecule has 0 bridgehead atoms. The van der Waals surface area contributed by atoms with Gasteiger partial charge in [0.15, 0.2) is 0 Å². The zero-order chi connectivity index (χ0) is 13.7. The molecule has 0 unspecified atom stereocenters. The molecule has 1 heterocycles. The molecule has 0 saturated carbocycles. The number of hydrogen-bond donors (Lipinski definition) is 2. The first kappa shape index (κ1) is 13.2. The molecule has 0 aliphatic rings. The molecule has 1 aromatic carbocycles. The van der Waals surface area contributed by atoms with Crippen molar-refractivity contribution in [1.29, 1.82) is 0 Å². The van der Waals surface area contributed by atoms with Crippen LogP contribution in [0.3, 0.4) is 0 Å². The minimum atomic E-state index is -0.483. The minimum Gasteiger partial charge on any atom is -0.453 e. The average molecular weight is 275 g/mol. The van der Waals surface area contributed by atoms with E-state index in [1.165, 1.54) is 7.11 Å². The molecule has 98 valence electrons. The van der Waals surface area contributed by atoms with Crippen LogP contribution in [0.25, 0.3) is 0 Å². The summed E-state index contributed by atoms with van der Waals surface area (Å²) in [5.41, 5.74) is 6.21. The fourth-order valence-corrected chi connectivity index (χ4v) is 2.15.